The summed E-state index contributed by atoms with van der Waals surface area (Å²) in [5.74, 6) is -0.572. The minimum atomic E-state index is -0.917. The second kappa shape index (κ2) is 13.8. The van der Waals surface area contributed by atoms with Crippen molar-refractivity contribution < 1.29 is 19.1 Å². The SMILES string of the molecule is C=CCN(C(=O)C(CC(C)C)NC(=O)OC(C)(C)C)C(C(=O)NCc1ccccc1)c1ccc(C)cc1C. The maximum Gasteiger partial charge on any atom is 0.408 e. The fourth-order valence-corrected chi connectivity index (χ4v) is 4.27. The third-order valence-electron chi connectivity index (χ3n) is 5.89. The molecule has 0 aromatic heterocycles. The van der Waals surface area contributed by atoms with Gasteiger partial charge in [-0.1, -0.05) is 74.0 Å². The van der Waals surface area contributed by atoms with Crippen molar-refractivity contribution >= 4 is 17.9 Å². The van der Waals surface area contributed by atoms with Crippen LogP contribution in [0.4, 0.5) is 4.79 Å². The molecule has 2 aromatic carbocycles. The molecule has 2 rings (SSSR count). The molecule has 0 aliphatic rings. The second-order valence-corrected chi connectivity index (χ2v) is 11.1. The maximum absolute atomic E-state index is 14.1. The molecule has 2 unspecified atom stereocenters. The van der Waals surface area contributed by atoms with Crippen LogP contribution in [0.5, 0.6) is 0 Å². The summed E-state index contributed by atoms with van der Waals surface area (Å²) in [6.45, 7) is 17.5. The zero-order valence-electron chi connectivity index (χ0n) is 23.8. The zero-order chi connectivity index (χ0) is 28.5. The van der Waals surface area contributed by atoms with Crippen LogP contribution in [-0.2, 0) is 20.9 Å². The number of carbonyl (C=O) groups is 3. The summed E-state index contributed by atoms with van der Waals surface area (Å²) >= 11 is 0. The van der Waals surface area contributed by atoms with E-state index in [0.717, 1.165) is 22.3 Å². The van der Waals surface area contributed by atoms with E-state index in [1.807, 2.05) is 76.2 Å². The normalized spacial score (nSPS) is 12.8. The van der Waals surface area contributed by atoms with Gasteiger partial charge in [0.25, 0.3) is 0 Å². The first kappa shape index (κ1) is 30.6. The number of rotatable bonds is 11. The Labute approximate surface area is 227 Å². The van der Waals surface area contributed by atoms with E-state index in [2.05, 4.69) is 17.2 Å². The van der Waals surface area contributed by atoms with Gasteiger partial charge in [0, 0.05) is 13.1 Å². The van der Waals surface area contributed by atoms with Crippen LogP contribution in [0, 0.1) is 19.8 Å². The highest BCUT2D eigenvalue weighted by molar-refractivity contribution is 5.92. The van der Waals surface area contributed by atoms with Gasteiger partial charge in [-0.3, -0.25) is 9.59 Å². The minimum absolute atomic E-state index is 0.107. The maximum atomic E-state index is 14.1. The van der Waals surface area contributed by atoms with E-state index < -0.39 is 23.8 Å². The van der Waals surface area contributed by atoms with E-state index in [-0.39, 0.29) is 24.3 Å². The number of amides is 3. The number of hydrogen-bond donors (Lipinski definition) is 2. The molecule has 0 saturated heterocycles. The first-order chi connectivity index (χ1) is 17.8. The van der Waals surface area contributed by atoms with Gasteiger partial charge in [-0.15, -0.1) is 6.58 Å². The Kier molecular flexibility index (Phi) is 11.1. The predicted molar refractivity (Wildman–Crippen MR) is 151 cm³/mol. The molecule has 2 aromatic rings. The molecule has 7 heteroatoms. The van der Waals surface area contributed by atoms with Crippen molar-refractivity contribution in [3.63, 3.8) is 0 Å². The number of aryl methyl sites for hydroxylation is 2. The molecule has 0 fully saturated rings. The van der Waals surface area contributed by atoms with Crippen LogP contribution in [-0.4, -0.2) is 41.0 Å². The molecule has 7 nitrogen and oxygen atoms in total. The molecule has 0 aliphatic heterocycles. The van der Waals surface area contributed by atoms with Crippen LogP contribution in [0.3, 0.4) is 0 Å². The Bertz CT molecular complexity index is 1110. The second-order valence-electron chi connectivity index (χ2n) is 11.1. The highest BCUT2D eigenvalue weighted by atomic mass is 16.6. The average molecular weight is 522 g/mol. The van der Waals surface area contributed by atoms with E-state index in [1.54, 1.807) is 26.8 Å². The van der Waals surface area contributed by atoms with Gasteiger partial charge in [-0.2, -0.15) is 0 Å². The molecule has 0 bridgehead atoms. The van der Waals surface area contributed by atoms with Gasteiger partial charge in [0.05, 0.1) is 0 Å². The van der Waals surface area contributed by atoms with Crippen molar-refractivity contribution in [1.29, 1.82) is 0 Å². The molecule has 3 amide bonds. The van der Waals surface area contributed by atoms with Crippen molar-refractivity contribution in [2.45, 2.75) is 79.1 Å². The van der Waals surface area contributed by atoms with Crippen LogP contribution in [0.2, 0.25) is 0 Å². The van der Waals surface area contributed by atoms with Gasteiger partial charge in [0.1, 0.15) is 17.7 Å². The summed E-state index contributed by atoms with van der Waals surface area (Å²) in [5.41, 5.74) is 2.91. The standard InChI is InChI=1S/C31H43N3O4/c1-9-17-34(29(36)26(18-21(2)3)33-30(37)38-31(6,7)8)27(25-16-15-22(4)19-23(25)5)28(35)32-20-24-13-11-10-12-14-24/h9-16,19,21,26-27H,1,17-18,20H2,2-8H3,(H,32,35)(H,33,37). The number of hydrogen-bond acceptors (Lipinski definition) is 4. The third kappa shape index (κ3) is 9.36. The molecule has 0 saturated carbocycles. The van der Waals surface area contributed by atoms with Gasteiger partial charge < -0.3 is 20.3 Å². The van der Waals surface area contributed by atoms with E-state index >= 15 is 0 Å². The van der Waals surface area contributed by atoms with Crippen molar-refractivity contribution in [2.24, 2.45) is 5.92 Å². The lowest BCUT2D eigenvalue weighted by atomic mass is 9.95. The Morgan fingerprint density at radius 1 is 1.05 bits per heavy atom. The van der Waals surface area contributed by atoms with Crippen molar-refractivity contribution in [3.8, 4) is 0 Å². The Morgan fingerprint density at radius 2 is 1.71 bits per heavy atom. The van der Waals surface area contributed by atoms with Crippen LogP contribution < -0.4 is 10.6 Å². The Balaban J connectivity index is 2.48. The van der Waals surface area contributed by atoms with Gasteiger partial charge in [0.2, 0.25) is 11.8 Å². The minimum Gasteiger partial charge on any atom is -0.444 e. The summed E-state index contributed by atoms with van der Waals surface area (Å²) in [7, 11) is 0. The van der Waals surface area contributed by atoms with Crippen LogP contribution in [0.25, 0.3) is 0 Å². The number of nitrogens with zero attached hydrogens (tertiary/aromatic N) is 1. The predicted octanol–water partition coefficient (Wildman–Crippen LogP) is 5.61. The summed E-state index contributed by atoms with van der Waals surface area (Å²) < 4.78 is 5.43. The topological polar surface area (TPSA) is 87.7 Å². The zero-order valence-corrected chi connectivity index (χ0v) is 23.8. The fraction of sp³-hybridized carbons (Fsp3) is 0.452. The summed E-state index contributed by atoms with van der Waals surface area (Å²) in [6, 6.07) is 13.6. The lowest BCUT2D eigenvalue weighted by molar-refractivity contribution is -0.142. The molecule has 0 aliphatic carbocycles. The van der Waals surface area contributed by atoms with Gasteiger partial charge >= 0.3 is 6.09 Å². The summed E-state index contributed by atoms with van der Waals surface area (Å²) in [4.78, 5) is 42.0. The molecule has 2 N–H and O–H groups in total. The molecule has 0 spiro atoms. The van der Waals surface area contributed by atoms with E-state index in [4.69, 9.17) is 4.74 Å². The number of benzene rings is 2. The highest BCUT2D eigenvalue weighted by Gasteiger charge is 2.36. The molecule has 206 valence electrons. The van der Waals surface area contributed by atoms with E-state index in [0.29, 0.717) is 13.0 Å². The summed E-state index contributed by atoms with van der Waals surface area (Å²) in [6.07, 6.45) is 1.31. The molecule has 0 heterocycles. The van der Waals surface area contributed by atoms with Gasteiger partial charge in [-0.05, 0) is 63.6 Å². The fourth-order valence-electron chi connectivity index (χ4n) is 4.27. The van der Waals surface area contributed by atoms with Crippen LogP contribution in [0.15, 0.2) is 61.2 Å². The average Bonchev–Trinajstić information content (AvgIpc) is 2.82. The lowest BCUT2D eigenvalue weighted by Crippen LogP contribution is -2.53. The van der Waals surface area contributed by atoms with Gasteiger partial charge in [-0.25, -0.2) is 4.79 Å². The van der Waals surface area contributed by atoms with Crippen molar-refractivity contribution in [1.82, 2.24) is 15.5 Å². The van der Waals surface area contributed by atoms with E-state index in [9.17, 15) is 14.4 Å². The number of ether oxygens (including phenoxy) is 1. The van der Waals surface area contributed by atoms with Crippen molar-refractivity contribution in [2.75, 3.05) is 6.54 Å². The molecular weight excluding hydrogens is 478 g/mol. The van der Waals surface area contributed by atoms with Gasteiger partial charge in [0.15, 0.2) is 0 Å². The largest absolute Gasteiger partial charge is 0.444 e. The first-order valence-corrected chi connectivity index (χ1v) is 13.1. The number of carbonyl (C=O) groups excluding carboxylic acids is 3. The lowest BCUT2D eigenvalue weighted by Gasteiger charge is -2.35. The molecular formula is C31H43N3O4. The van der Waals surface area contributed by atoms with E-state index in [1.165, 1.54) is 4.90 Å². The molecule has 2 atom stereocenters. The highest BCUT2D eigenvalue weighted by Crippen LogP contribution is 2.27. The molecule has 0 radical (unpaired) electrons. The van der Waals surface area contributed by atoms with Crippen molar-refractivity contribution in [3.05, 3.63) is 83.4 Å². The Hall–Kier alpha value is -3.61. The smallest absolute Gasteiger partial charge is 0.408 e. The van der Waals surface area contributed by atoms with Crippen LogP contribution in [0.1, 0.15) is 69.3 Å². The monoisotopic (exact) mass is 521 g/mol. The Morgan fingerprint density at radius 3 is 2.26 bits per heavy atom. The third-order valence-corrected chi connectivity index (χ3v) is 5.89. The first-order valence-electron chi connectivity index (χ1n) is 13.1. The quantitative estimate of drug-likeness (QED) is 0.376. The molecule has 38 heavy (non-hydrogen) atoms. The number of nitrogens with one attached hydrogen (secondary N) is 2. The number of alkyl carbamates (subject to hydrolysis) is 1. The summed E-state index contributed by atoms with van der Waals surface area (Å²) in [5, 5.41) is 5.76. The van der Waals surface area contributed by atoms with Crippen LogP contribution >= 0.6 is 0 Å².